The van der Waals surface area contributed by atoms with Crippen molar-refractivity contribution >= 4 is 0 Å². The Balaban J connectivity index is 2.00. The lowest BCUT2D eigenvalue weighted by Crippen LogP contribution is -2.01. The molecular formula is C12H18N4O2. The first-order valence-corrected chi connectivity index (χ1v) is 6.04. The SMILES string of the molecule is Cc1nc(C)c(Cn2cc(CCC(C)O)nn2)o1. The van der Waals surface area contributed by atoms with E-state index in [1.807, 2.05) is 20.0 Å². The van der Waals surface area contributed by atoms with Crippen LogP contribution < -0.4 is 0 Å². The summed E-state index contributed by atoms with van der Waals surface area (Å²) in [4.78, 5) is 4.21. The zero-order valence-electron chi connectivity index (χ0n) is 10.9. The van der Waals surface area contributed by atoms with E-state index in [9.17, 15) is 5.11 Å². The van der Waals surface area contributed by atoms with E-state index in [1.165, 1.54) is 0 Å². The molecule has 0 saturated carbocycles. The Hall–Kier alpha value is -1.69. The Morgan fingerprint density at radius 1 is 1.44 bits per heavy atom. The average molecular weight is 250 g/mol. The molecule has 0 fully saturated rings. The van der Waals surface area contributed by atoms with E-state index >= 15 is 0 Å². The van der Waals surface area contributed by atoms with Crippen LogP contribution in [-0.2, 0) is 13.0 Å². The Labute approximate surface area is 106 Å². The zero-order valence-corrected chi connectivity index (χ0v) is 10.9. The second-order valence-corrected chi connectivity index (χ2v) is 4.54. The van der Waals surface area contributed by atoms with E-state index in [0.717, 1.165) is 23.6 Å². The number of aromatic nitrogens is 4. The summed E-state index contributed by atoms with van der Waals surface area (Å²) in [5.74, 6) is 1.47. The van der Waals surface area contributed by atoms with E-state index in [1.54, 1.807) is 11.6 Å². The molecular weight excluding hydrogens is 232 g/mol. The predicted octanol–water partition coefficient (Wildman–Crippen LogP) is 1.24. The third kappa shape index (κ3) is 3.16. The van der Waals surface area contributed by atoms with Gasteiger partial charge in [-0.2, -0.15) is 0 Å². The minimum Gasteiger partial charge on any atom is -0.444 e. The predicted molar refractivity (Wildman–Crippen MR) is 65.1 cm³/mol. The first-order valence-electron chi connectivity index (χ1n) is 6.04. The highest BCUT2D eigenvalue weighted by Crippen LogP contribution is 2.11. The van der Waals surface area contributed by atoms with Gasteiger partial charge in [0.15, 0.2) is 5.89 Å². The minimum absolute atomic E-state index is 0.311. The Kier molecular flexibility index (Phi) is 3.76. The molecule has 0 bridgehead atoms. The molecule has 0 aromatic carbocycles. The average Bonchev–Trinajstić information content (AvgIpc) is 2.84. The van der Waals surface area contributed by atoms with Gasteiger partial charge in [-0.05, 0) is 26.7 Å². The second-order valence-electron chi connectivity index (χ2n) is 4.54. The first kappa shape index (κ1) is 12.8. The van der Waals surface area contributed by atoms with Crippen LogP contribution in [0.25, 0.3) is 0 Å². The van der Waals surface area contributed by atoms with Crippen LogP contribution in [0.2, 0.25) is 0 Å². The molecule has 0 amide bonds. The molecule has 2 rings (SSSR count). The summed E-state index contributed by atoms with van der Waals surface area (Å²) in [5, 5.41) is 17.3. The molecule has 6 nitrogen and oxygen atoms in total. The van der Waals surface area contributed by atoms with E-state index in [0.29, 0.717) is 18.9 Å². The van der Waals surface area contributed by atoms with Crippen molar-refractivity contribution in [2.24, 2.45) is 0 Å². The lowest BCUT2D eigenvalue weighted by Gasteiger charge is -1.99. The molecule has 98 valence electrons. The molecule has 0 aliphatic heterocycles. The number of aliphatic hydroxyl groups excluding tert-OH is 1. The third-order valence-electron chi connectivity index (χ3n) is 2.71. The fraction of sp³-hybridized carbons (Fsp3) is 0.583. The van der Waals surface area contributed by atoms with Gasteiger partial charge in [-0.15, -0.1) is 5.10 Å². The topological polar surface area (TPSA) is 77.0 Å². The summed E-state index contributed by atoms with van der Waals surface area (Å²) in [5.41, 5.74) is 1.76. The molecule has 6 heteroatoms. The van der Waals surface area contributed by atoms with Gasteiger partial charge in [-0.1, -0.05) is 5.21 Å². The first-order chi connectivity index (χ1) is 8.54. The fourth-order valence-electron chi connectivity index (χ4n) is 1.75. The standard InChI is InChI=1S/C12H18N4O2/c1-8(17)4-5-11-6-16(15-14-11)7-12-9(2)13-10(3)18-12/h6,8,17H,4-5,7H2,1-3H3. The number of oxazole rings is 1. The molecule has 0 spiro atoms. The summed E-state index contributed by atoms with van der Waals surface area (Å²) in [6.45, 7) is 6.04. The molecule has 18 heavy (non-hydrogen) atoms. The van der Waals surface area contributed by atoms with Gasteiger partial charge in [-0.25, -0.2) is 9.67 Å². The van der Waals surface area contributed by atoms with E-state index < -0.39 is 0 Å². The van der Waals surface area contributed by atoms with Crippen molar-refractivity contribution in [2.45, 2.75) is 46.3 Å². The van der Waals surface area contributed by atoms with Gasteiger partial charge in [0, 0.05) is 13.1 Å². The lowest BCUT2D eigenvalue weighted by molar-refractivity contribution is 0.184. The second kappa shape index (κ2) is 5.30. The summed E-state index contributed by atoms with van der Waals surface area (Å²) in [6.07, 6.45) is 2.99. The highest BCUT2D eigenvalue weighted by Gasteiger charge is 2.09. The quantitative estimate of drug-likeness (QED) is 0.864. The van der Waals surface area contributed by atoms with Crippen LogP contribution in [0.15, 0.2) is 10.6 Å². The van der Waals surface area contributed by atoms with Crippen LogP contribution in [0, 0.1) is 13.8 Å². The van der Waals surface area contributed by atoms with Crippen molar-refractivity contribution in [1.29, 1.82) is 0 Å². The summed E-state index contributed by atoms with van der Waals surface area (Å²) in [7, 11) is 0. The monoisotopic (exact) mass is 250 g/mol. The van der Waals surface area contributed by atoms with Gasteiger partial charge in [-0.3, -0.25) is 0 Å². The molecule has 1 atom stereocenters. The molecule has 1 unspecified atom stereocenters. The van der Waals surface area contributed by atoms with Crippen LogP contribution in [0.3, 0.4) is 0 Å². The van der Waals surface area contributed by atoms with Gasteiger partial charge in [0.2, 0.25) is 0 Å². The number of aliphatic hydroxyl groups is 1. The highest BCUT2D eigenvalue weighted by atomic mass is 16.4. The van der Waals surface area contributed by atoms with Gasteiger partial charge < -0.3 is 9.52 Å². The Morgan fingerprint density at radius 3 is 2.83 bits per heavy atom. The largest absolute Gasteiger partial charge is 0.444 e. The van der Waals surface area contributed by atoms with Crippen molar-refractivity contribution in [3.8, 4) is 0 Å². The molecule has 0 aliphatic rings. The van der Waals surface area contributed by atoms with Gasteiger partial charge in [0.25, 0.3) is 0 Å². The maximum atomic E-state index is 9.22. The maximum Gasteiger partial charge on any atom is 0.191 e. The number of nitrogens with zero attached hydrogens (tertiary/aromatic N) is 4. The summed E-state index contributed by atoms with van der Waals surface area (Å²) >= 11 is 0. The number of rotatable bonds is 5. The van der Waals surface area contributed by atoms with Crippen LogP contribution >= 0.6 is 0 Å². The third-order valence-corrected chi connectivity index (χ3v) is 2.71. The fourth-order valence-corrected chi connectivity index (χ4v) is 1.75. The van der Waals surface area contributed by atoms with Crippen molar-refractivity contribution in [3.05, 3.63) is 29.2 Å². The van der Waals surface area contributed by atoms with Gasteiger partial charge in [0.1, 0.15) is 12.3 Å². The molecule has 0 aliphatic carbocycles. The van der Waals surface area contributed by atoms with Crippen molar-refractivity contribution in [3.63, 3.8) is 0 Å². The smallest absolute Gasteiger partial charge is 0.191 e. The number of hydrogen-bond acceptors (Lipinski definition) is 5. The van der Waals surface area contributed by atoms with E-state index in [4.69, 9.17) is 4.42 Å². The molecule has 2 heterocycles. The zero-order chi connectivity index (χ0) is 13.1. The van der Waals surface area contributed by atoms with Crippen molar-refractivity contribution in [2.75, 3.05) is 0 Å². The van der Waals surface area contributed by atoms with Crippen LogP contribution in [0.5, 0.6) is 0 Å². The van der Waals surface area contributed by atoms with Crippen molar-refractivity contribution < 1.29 is 9.52 Å². The normalized spacial score (nSPS) is 12.9. The summed E-state index contributed by atoms with van der Waals surface area (Å²) in [6, 6.07) is 0. The van der Waals surface area contributed by atoms with Crippen molar-refractivity contribution in [1.82, 2.24) is 20.0 Å². The molecule has 0 saturated heterocycles. The highest BCUT2D eigenvalue weighted by molar-refractivity contribution is 5.08. The lowest BCUT2D eigenvalue weighted by atomic mass is 10.2. The van der Waals surface area contributed by atoms with Crippen LogP contribution in [0.4, 0.5) is 0 Å². The maximum absolute atomic E-state index is 9.22. The molecule has 0 radical (unpaired) electrons. The Morgan fingerprint density at radius 2 is 2.22 bits per heavy atom. The van der Waals surface area contributed by atoms with E-state index in [2.05, 4.69) is 15.3 Å². The Bertz CT molecular complexity index is 516. The van der Waals surface area contributed by atoms with Crippen LogP contribution in [0.1, 0.15) is 36.4 Å². The molecule has 2 aromatic heterocycles. The van der Waals surface area contributed by atoms with Gasteiger partial charge >= 0.3 is 0 Å². The summed E-state index contributed by atoms with van der Waals surface area (Å²) < 4.78 is 7.21. The van der Waals surface area contributed by atoms with Crippen LogP contribution in [-0.4, -0.2) is 31.2 Å². The van der Waals surface area contributed by atoms with E-state index in [-0.39, 0.29) is 6.10 Å². The number of aryl methyl sites for hydroxylation is 3. The molecule has 2 aromatic rings. The molecule has 1 N–H and O–H groups in total. The number of hydrogen-bond donors (Lipinski definition) is 1. The van der Waals surface area contributed by atoms with Gasteiger partial charge in [0.05, 0.1) is 17.5 Å². The minimum atomic E-state index is -0.311.